The Labute approximate surface area is 224 Å². The Kier molecular flexibility index (Phi) is 7.19. The van der Waals surface area contributed by atoms with Crippen LogP contribution in [0.1, 0.15) is 28.8 Å². The highest BCUT2D eigenvalue weighted by Crippen LogP contribution is 2.40. The third kappa shape index (κ3) is 4.88. The summed E-state index contributed by atoms with van der Waals surface area (Å²) in [5, 5.41) is 19.4. The van der Waals surface area contributed by atoms with Gasteiger partial charge in [-0.05, 0) is 16.7 Å². The van der Waals surface area contributed by atoms with Crippen LogP contribution in [0.15, 0.2) is 102 Å². The number of amides is 1. The van der Waals surface area contributed by atoms with Crippen molar-refractivity contribution in [2.45, 2.75) is 18.1 Å². The van der Waals surface area contributed by atoms with Crippen molar-refractivity contribution in [1.29, 1.82) is 0 Å². The molecule has 1 amide bonds. The first-order chi connectivity index (χ1) is 18.5. The maximum Gasteiger partial charge on any atom is 0.360 e. The van der Waals surface area contributed by atoms with Crippen molar-refractivity contribution in [3.63, 3.8) is 0 Å². The number of nitrogens with zero attached hydrogens (tertiary/aromatic N) is 3. The van der Waals surface area contributed by atoms with Crippen molar-refractivity contribution in [2.24, 2.45) is 5.16 Å². The van der Waals surface area contributed by atoms with Gasteiger partial charge in [0.05, 0.1) is 0 Å². The summed E-state index contributed by atoms with van der Waals surface area (Å²) < 4.78 is 0. The molecule has 1 atom stereocenters. The summed E-state index contributed by atoms with van der Waals surface area (Å²) >= 11 is 1.27. The van der Waals surface area contributed by atoms with E-state index in [-0.39, 0.29) is 17.3 Å². The maximum absolute atomic E-state index is 12.1. The SMILES string of the molecule is CN1CCC(O/N=C(\C(=O)O)c2csc(NC(c3ccccc3)(c3ccccc3)c3ccccc3)n2)C1=O. The van der Waals surface area contributed by atoms with Crippen LogP contribution in [-0.2, 0) is 20.0 Å². The van der Waals surface area contributed by atoms with E-state index in [1.165, 1.54) is 16.2 Å². The Balaban J connectivity index is 1.55. The van der Waals surface area contributed by atoms with Crippen molar-refractivity contribution < 1.29 is 19.5 Å². The average Bonchev–Trinajstić information content (AvgIpc) is 3.54. The van der Waals surface area contributed by atoms with Crippen LogP contribution in [0.2, 0.25) is 0 Å². The topological polar surface area (TPSA) is 104 Å². The van der Waals surface area contributed by atoms with Gasteiger partial charge in [-0.2, -0.15) is 0 Å². The van der Waals surface area contributed by atoms with E-state index in [9.17, 15) is 14.7 Å². The van der Waals surface area contributed by atoms with Gasteiger partial charge in [0.25, 0.3) is 5.91 Å². The number of aliphatic carboxylic acids is 1. The molecule has 8 nitrogen and oxygen atoms in total. The zero-order valence-electron chi connectivity index (χ0n) is 20.7. The van der Waals surface area contributed by atoms with Crippen LogP contribution in [0.3, 0.4) is 0 Å². The quantitative estimate of drug-likeness (QED) is 0.188. The highest BCUT2D eigenvalue weighted by atomic mass is 32.1. The molecule has 0 radical (unpaired) electrons. The van der Waals surface area contributed by atoms with E-state index in [0.29, 0.717) is 18.1 Å². The molecule has 1 unspecified atom stereocenters. The number of likely N-dealkylation sites (N-methyl/N-ethyl adjacent to an activating group) is 1. The van der Waals surface area contributed by atoms with Crippen molar-refractivity contribution in [2.75, 3.05) is 18.9 Å². The van der Waals surface area contributed by atoms with Crippen molar-refractivity contribution >= 4 is 34.1 Å². The van der Waals surface area contributed by atoms with Crippen molar-refractivity contribution in [1.82, 2.24) is 9.88 Å². The largest absolute Gasteiger partial charge is 0.476 e. The van der Waals surface area contributed by atoms with Crippen LogP contribution < -0.4 is 5.32 Å². The second-order valence-electron chi connectivity index (χ2n) is 8.90. The van der Waals surface area contributed by atoms with E-state index in [1.54, 1.807) is 12.4 Å². The van der Waals surface area contributed by atoms with Crippen LogP contribution in [0.5, 0.6) is 0 Å². The molecule has 38 heavy (non-hydrogen) atoms. The summed E-state index contributed by atoms with van der Waals surface area (Å²) in [6.45, 7) is 0.534. The number of rotatable bonds is 9. The Bertz CT molecular complexity index is 1340. The number of carboxylic acids is 1. The van der Waals surface area contributed by atoms with Crippen LogP contribution in [0.25, 0.3) is 0 Å². The van der Waals surface area contributed by atoms with Gasteiger partial charge in [0.15, 0.2) is 5.13 Å². The van der Waals surface area contributed by atoms with Crippen LogP contribution >= 0.6 is 11.3 Å². The number of oxime groups is 1. The van der Waals surface area contributed by atoms with Crippen LogP contribution in [-0.4, -0.2) is 52.3 Å². The number of aromatic nitrogens is 1. The predicted molar refractivity (Wildman–Crippen MR) is 146 cm³/mol. The first kappa shape index (κ1) is 25.2. The summed E-state index contributed by atoms with van der Waals surface area (Å²) in [5.74, 6) is -1.52. The highest BCUT2D eigenvalue weighted by Gasteiger charge is 2.37. The fourth-order valence-electron chi connectivity index (χ4n) is 4.58. The van der Waals surface area contributed by atoms with Crippen molar-refractivity contribution in [3.8, 4) is 0 Å². The summed E-state index contributed by atoms with van der Waals surface area (Å²) in [6, 6.07) is 30.1. The van der Waals surface area contributed by atoms with Gasteiger partial charge in [0.1, 0.15) is 11.2 Å². The molecule has 2 heterocycles. The lowest BCUT2D eigenvalue weighted by Gasteiger charge is -2.36. The predicted octanol–water partition coefficient (Wildman–Crippen LogP) is 4.58. The Morgan fingerprint density at radius 3 is 1.97 bits per heavy atom. The molecular weight excluding hydrogens is 500 g/mol. The number of hydrogen-bond donors (Lipinski definition) is 2. The van der Waals surface area contributed by atoms with E-state index < -0.39 is 17.6 Å². The van der Waals surface area contributed by atoms with Gasteiger partial charge >= 0.3 is 5.97 Å². The van der Waals surface area contributed by atoms with E-state index in [2.05, 4.69) is 51.9 Å². The summed E-state index contributed by atoms with van der Waals surface area (Å²) in [4.78, 5) is 35.7. The smallest absolute Gasteiger partial charge is 0.360 e. The second-order valence-corrected chi connectivity index (χ2v) is 9.76. The molecule has 0 saturated carbocycles. The van der Waals surface area contributed by atoms with Gasteiger partial charge in [-0.25, -0.2) is 9.78 Å². The normalized spacial score (nSPS) is 15.9. The number of thiazole rings is 1. The van der Waals surface area contributed by atoms with E-state index in [0.717, 1.165) is 16.7 Å². The lowest BCUT2D eigenvalue weighted by atomic mass is 9.77. The summed E-state index contributed by atoms with van der Waals surface area (Å²) in [5.41, 5.74) is 1.96. The van der Waals surface area contributed by atoms with Gasteiger partial charge in [0, 0.05) is 25.4 Å². The molecule has 0 spiro atoms. The molecule has 1 aromatic heterocycles. The standard InChI is InChI=1S/C29H26N4O4S/c1-33-18-17-24(26(33)34)37-32-25(27(35)36)23-19-38-28(30-23)31-29(20-11-5-2-6-12-20,21-13-7-3-8-14-21)22-15-9-4-10-16-22/h2-16,19,24H,17-18H2,1H3,(H,30,31)(H,35,36)/b32-25-. The maximum atomic E-state index is 12.1. The third-order valence-electron chi connectivity index (χ3n) is 6.51. The Morgan fingerprint density at radius 1 is 1.00 bits per heavy atom. The number of benzene rings is 3. The molecule has 0 aliphatic carbocycles. The van der Waals surface area contributed by atoms with Crippen LogP contribution in [0.4, 0.5) is 5.13 Å². The molecule has 5 rings (SSSR count). The molecule has 9 heteroatoms. The molecule has 192 valence electrons. The number of carbonyl (C=O) groups is 2. The average molecular weight is 527 g/mol. The minimum absolute atomic E-state index is 0.145. The fraction of sp³-hybridized carbons (Fsp3) is 0.172. The lowest BCUT2D eigenvalue weighted by molar-refractivity contribution is -0.137. The first-order valence-corrected chi connectivity index (χ1v) is 13.0. The van der Waals surface area contributed by atoms with Gasteiger partial charge < -0.3 is 20.2 Å². The fourth-order valence-corrected chi connectivity index (χ4v) is 5.33. The molecule has 4 aromatic rings. The van der Waals surface area contributed by atoms with Gasteiger partial charge in [-0.3, -0.25) is 4.79 Å². The minimum atomic E-state index is -1.29. The first-order valence-electron chi connectivity index (χ1n) is 12.1. The lowest BCUT2D eigenvalue weighted by Crippen LogP contribution is -2.38. The zero-order chi connectivity index (χ0) is 26.5. The molecule has 3 aromatic carbocycles. The van der Waals surface area contributed by atoms with Crippen molar-refractivity contribution in [3.05, 3.63) is 119 Å². The number of likely N-dealkylation sites (tertiary alicyclic amines) is 1. The highest BCUT2D eigenvalue weighted by molar-refractivity contribution is 7.14. The number of hydrogen-bond acceptors (Lipinski definition) is 7. The Morgan fingerprint density at radius 2 is 1.53 bits per heavy atom. The molecule has 1 saturated heterocycles. The van der Waals surface area contributed by atoms with Gasteiger partial charge in [-0.15, -0.1) is 11.3 Å². The zero-order valence-corrected chi connectivity index (χ0v) is 21.5. The third-order valence-corrected chi connectivity index (χ3v) is 7.27. The molecular formula is C29H26N4O4S. The van der Waals surface area contributed by atoms with Gasteiger partial charge in [-0.1, -0.05) is 96.2 Å². The molecule has 1 aliphatic heterocycles. The van der Waals surface area contributed by atoms with E-state index in [1.807, 2.05) is 54.6 Å². The summed E-state index contributed by atoms with van der Waals surface area (Å²) in [6.07, 6.45) is -0.351. The van der Waals surface area contributed by atoms with Crippen LogP contribution in [0, 0.1) is 0 Å². The summed E-state index contributed by atoms with van der Waals surface area (Å²) in [7, 11) is 1.67. The molecule has 0 bridgehead atoms. The van der Waals surface area contributed by atoms with E-state index >= 15 is 0 Å². The number of carboxylic acid groups (broad SMARTS) is 1. The number of carbonyl (C=O) groups excluding carboxylic acids is 1. The monoisotopic (exact) mass is 526 g/mol. The second kappa shape index (κ2) is 10.9. The molecule has 2 N–H and O–H groups in total. The molecule has 1 fully saturated rings. The number of nitrogens with one attached hydrogen (secondary N) is 1. The molecule has 1 aliphatic rings. The van der Waals surface area contributed by atoms with Gasteiger partial charge in [0.2, 0.25) is 11.8 Å². The number of anilines is 1. The Hall–Kier alpha value is -4.50. The minimum Gasteiger partial charge on any atom is -0.476 e. The van der Waals surface area contributed by atoms with E-state index in [4.69, 9.17) is 4.84 Å².